The number of hydrogen-bond acceptors (Lipinski definition) is 1. The molecular formula is C31H34N3+. The second kappa shape index (κ2) is 6.47. The predicted octanol–water partition coefficient (Wildman–Crippen LogP) is 7.29. The lowest BCUT2D eigenvalue weighted by molar-refractivity contribution is -0.709. The monoisotopic (exact) mass is 448 g/mol. The highest BCUT2D eigenvalue weighted by molar-refractivity contribution is 5.97. The average molecular weight is 449 g/mol. The van der Waals surface area contributed by atoms with Gasteiger partial charge in [-0.2, -0.15) is 4.40 Å². The van der Waals surface area contributed by atoms with E-state index in [-0.39, 0.29) is 16.4 Å². The van der Waals surface area contributed by atoms with Crippen LogP contribution in [-0.4, -0.2) is 9.38 Å². The van der Waals surface area contributed by atoms with Gasteiger partial charge in [-0.05, 0) is 66.1 Å². The molecule has 0 saturated heterocycles. The van der Waals surface area contributed by atoms with Crippen LogP contribution in [0.25, 0.3) is 39.0 Å². The van der Waals surface area contributed by atoms with Gasteiger partial charge in [0.25, 0.3) is 5.82 Å². The van der Waals surface area contributed by atoms with Gasteiger partial charge in [-0.3, -0.25) is 0 Å². The van der Waals surface area contributed by atoms with Gasteiger partial charge < -0.3 is 0 Å². The number of fused-ring (bicyclic) bond motifs is 10. The van der Waals surface area contributed by atoms with Gasteiger partial charge >= 0.3 is 0 Å². The molecule has 0 radical (unpaired) electrons. The SMILES string of the molecule is CC(C)(C)c1cc(C(C)(C)C)c2c(c1)C(C)(C)[n+]1c-2n2c3ccccc3nc2c2ccccc21. The summed E-state index contributed by atoms with van der Waals surface area (Å²) >= 11 is 0. The Labute approximate surface area is 202 Å². The number of imidazole rings is 1. The zero-order chi connectivity index (χ0) is 24.2. The fourth-order valence-corrected chi connectivity index (χ4v) is 5.79. The summed E-state index contributed by atoms with van der Waals surface area (Å²) in [5.41, 5.74) is 9.91. The number of benzene rings is 3. The summed E-state index contributed by atoms with van der Waals surface area (Å²) in [6, 6.07) is 22.2. The van der Waals surface area contributed by atoms with Crippen LogP contribution in [0.15, 0.2) is 60.7 Å². The summed E-state index contributed by atoms with van der Waals surface area (Å²) in [7, 11) is 0. The number of nitrogens with zero attached hydrogens (tertiary/aromatic N) is 3. The molecule has 0 atom stereocenters. The van der Waals surface area contributed by atoms with Crippen LogP contribution in [0.4, 0.5) is 0 Å². The molecule has 0 aliphatic carbocycles. The third kappa shape index (κ3) is 2.70. The Kier molecular flexibility index (Phi) is 4.06. The summed E-state index contributed by atoms with van der Waals surface area (Å²) < 4.78 is 4.98. The molecule has 34 heavy (non-hydrogen) atoms. The lowest BCUT2D eigenvalue weighted by atomic mass is 9.75. The molecule has 1 aliphatic rings. The number of hydrogen-bond donors (Lipinski definition) is 0. The average Bonchev–Trinajstić information content (AvgIpc) is 3.26. The molecule has 2 aromatic heterocycles. The van der Waals surface area contributed by atoms with Crippen molar-refractivity contribution in [1.29, 1.82) is 0 Å². The lowest BCUT2D eigenvalue weighted by Crippen LogP contribution is -2.52. The zero-order valence-electron chi connectivity index (χ0n) is 21.6. The van der Waals surface area contributed by atoms with Crippen molar-refractivity contribution in [2.75, 3.05) is 0 Å². The van der Waals surface area contributed by atoms with E-state index in [4.69, 9.17) is 4.98 Å². The van der Waals surface area contributed by atoms with Crippen LogP contribution in [0.2, 0.25) is 0 Å². The smallest absolute Gasteiger partial charge is 0.217 e. The molecule has 3 heterocycles. The second-order valence-corrected chi connectivity index (χ2v) is 12.4. The molecule has 1 aliphatic heterocycles. The molecule has 172 valence electrons. The fourth-order valence-electron chi connectivity index (χ4n) is 5.79. The zero-order valence-corrected chi connectivity index (χ0v) is 21.6. The van der Waals surface area contributed by atoms with E-state index in [1.54, 1.807) is 0 Å². The van der Waals surface area contributed by atoms with Gasteiger partial charge in [-0.25, -0.2) is 9.55 Å². The molecule has 0 N–H and O–H groups in total. The van der Waals surface area contributed by atoms with Gasteiger partial charge in [-0.15, -0.1) is 0 Å². The Hall–Kier alpha value is -3.20. The van der Waals surface area contributed by atoms with Gasteiger partial charge in [0.15, 0.2) is 5.52 Å². The number of aromatic nitrogens is 3. The van der Waals surface area contributed by atoms with Crippen LogP contribution in [0.5, 0.6) is 0 Å². The second-order valence-electron chi connectivity index (χ2n) is 12.4. The summed E-state index contributed by atoms with van der Waals surface area (Å²) in [6.45, 7) is 18.7. The first-order valence-electron chi connectivity index (χ1n) is 12.3. The van der Waals surface area contributed by atoms with Crippen molar-refractivity contribution in [3.8, 4) is 11.4 Å². The molecule has 5 aromatic rings. The van der Waals surface area contributed by atoms with Crippen LogP contribution in [0.3, 0.4) is 0 Å². The topological polar surface area (TPSA) is 21.2 Å². The van der Waals surface area contributed by atoms with E-state index in [0.717, 1.165) is 16.7 Å². The van der Waals surface area contributed by atoms with Crippen LogP contribution in [0.1, 0.15) is 72.1 Å². The highest BCUT2D eigenvalue weighted by Gasteiger charge is 2.48. The van der Waals surface area contributed by atoms with E-state index < -0.39 is 0 Å². The van der Waals surface area contributed by atoms with Crippen molar-refractivity contribution >= 4 is 27.6 Å². The van der Waals surface area contributed by atoms with Crippen LogP contribution in [-0.2, 0) is 16.4 Å². The Morgan fingerprint density at radius 3 is 2.21 bits per heavy atom. The molecule has 0 fully saturated rings. The minimum absolute atomic E-state index is 0.00204. The van der Waals surface area contributed by atoms with Crippen molar-refractivity contribution in [2.45, 2.75) is 71.8 Å². The van der Waals surface area contributed by atoms with Crippen molar-refractivity contribution in [2.24, 2.45) is 0 Å². The van der Waals surface area contributed by atoms with Crippen LogP contribution < -0.4 is 4.57 Å². The molecule has 3 heteroatoms. The Balaban J connectivity index is 1.92. The molecule has 3 nitrogen and oxygen atoms in total. The number of rotatable bonds is 0. The summed E-state index contributed by atoms with van der Waals surface area (Å²) in [4.78, 5) is 5.14. The van der Waals surface area contributed by atoms with Crippen molar-refractivity contribution in [1.82, 2.24) is 9.38 Å². The van der Waals surface area contributed by atoms with Gasteiger partial charge in [0.05, 0.1) is 10.9 Å². The molecular weight excluding hydrogens is 414 g/mol. The molecule has 0 saturated carbocycles. The van der Waals surface area contributed by atoms with Gasteiger partial charge in [-0.1, -0.05) is 71.9 Å². The first-order chi connectivity index (χ1) is 15.9. The first-order valence-corrected chi connectivity index (χ1v) is 12.3. The highest BCUT2D eigenvalue weighted by Crippen LogP contribution is 2.47. The van der Waals surface area contributed by atoms with Crippen LogP contribution >= 0.6 is 0 Å². The first kappa shape index (κ1) is 21.3. The lowest BCUT2D eigenvalue weighted by Gasteiger charge is -2.28. The normalized spacial score (nSPS) is 15.3. The molecule has 0 bridgehead atoms. The summed E-state index contributed by atoms with van der Waals surface area (Å²) in [5.74, 6) is 1.24. The maximum Gasteiger partial charge on any atom is 0.297 e. The largest absolute Gasteiger partial charge is 0.297 e. The summed E-state index contributed by atoms with van der Waals surface area (Å²) in [5, 5.41) is 1.19. The van der Waals surface area contributed by atoms with Crippen LogP contribution in [0, 0.1) is 0 Å². The van der Waals surface area contributed by atoms with Gasteiger partial charge in [0.1, 0.15) is 16.6 Å². The van der Waals surface area contributed by atoms with Crippen molar-refractivity contribution in [3.63, 3.8) is 0 Å². The fraction of sp³-hybridized carbons (Fsp3) is 0.355. The maximum atomic E-state index is 5.14. The molecule has 0 amide bonds. The Morgan fingerprint density at radius 1 is 0.824 bits per heavy atom. The van der Waals surface area contributed by atoms with Crippen molar-refractivity contribution in [3.05, 3.63) is 77.4 Å². The maximum absolute atomic E-state index is 5.14. The predicted molar refractivity (Wildman–Crippen MR) is 142 cm³/mol. The van der Waals surface area contributed by atoms with E-state index >= 15 is 0 Å². The minimum Gasteiger partial charge on any atom is -0.217 e. The van der Waals surface area contributed by atoms with E-state index in [0.29, 0.717) is 0 Å². The van der Waals surface area contributed by atoms with E-state index in [1.807, 2.05) is 0 Å². The minimum atomic E-state index is -0.203. The Bertz CT molecular complexity index is 1640. The molecule has 3 aromatic carbocycles. The Morgan fingerprint density at radius 2 is 1.50 bits per heavy atom. The third-order valence-electron chi connectivity index (χ3n) is 7.62. The summed E-state index contributed by atoms with van der Waals surface area (Å²) in [6.07, 6.45) is 0. The molecule has 0 unspecified atom stereocenters. The van der Waals surface area contributed by atoms with Crippen molar-refractivity contribution < 1.29 is 4.57 Å². The third-order valence-corrected chi connectivity index (χ3v) is 7.62. The molecule has 6 rings (SSSR count). The van der Waals surface area contributed by atoms with E-state index in [1.165, 1.54) is 39.0 Å². The standard InChI is InChI=1S/C31H34N3/c1-29(2,3)19-17-21(30(4,5)6)26-22(18-19)31(7,8)34-24-15-11-9-13-20(24)27-32-23-14-10-12-16-25(23)33(27)28(26)34/h9-18H,1-8H3/q+1. The molecule has 0 spiro atoms. The van der Waals surface area contributed by atoms with Gasteiger partial charge in [0.2, 0.25) is 5.65 Å². The number of para-hydroxylation sites is 3. The quantitative estimate of drug-likeness (QED) is 0.228. The van der Waals surface area contributed by atoms with E-state index in [2.05, 4.69) is 125 Å². The van der Waals surface area contributed by atoms with Gasteiger partial charge in [0, 0.05) is 5.56 Å². The highest BCUT2D eigenvalue weighted by atomic mass is 15.2. The van der Waals surface area contributed by atoms with E-state index in [9.17, 15) is 0 Å².